The predicted molar refractivity (Wildman–Crippen MR) is 56.7 cm³/mol. The minimum atomic E-state index is 0.476. The van der Waals surface area contributed by atoms with Crippen LogP contribution >= 0.6 is 11.6 Å². The number of pyridine rings is 1. The molecule has 1 aliphatic heterocycles. The maximum absolute atomic E-state index is 5.99. The first-order valence-electron chi connectivity index (χ1n) is 4.80. The zero-order chi connectivity index (χ0) is 9.80. The van der Waals surface area contributed by atoms with Crippen molar-refractivity contribution in [1.29, 1.82) is 0 Å². The Morgan fingerprint density at radius 1 is 1.43 bits per heavy atom. The van der Waals surface area contributed by atoms with Crippen LogP contribution < -0.4 is 5.32 Å². The molecule has 0 spiro atoms. The smallest absolute Gasteiger partial charge is 0.0820 e. The summed E-state index contributed by atoms with van der Waals surface area (Å²) >= 11 is 5.99. The summed E-state index contributed by atoms with van der Waals surface area (Å²) in [5, 5.41) is 4.08. The first-order valence-corrected chi connectivity index (χ1v) is 5.18. The fourth-order valence-corrected chi connectivity index (χ4v) is 1.73. The first-order chi connectivity index (χ1) is 6.86. The molecule has 1 N–H and O–H groups in total. The van der Waals surface area contributed by atoms with E-state index in [1.54, 1.807) is 12.4 Å². The monoisotopic (exact) mass is 212 g/mol. The van der Waals surface area contributed by atoms with Gasteiger partial charge < -0.3 is 10.1 Å². The van der Waals surface area contributed by atoms with E-state index in [4.69, 9.17) is 16.3 Å². The van der Waals surface area contributed by atoms with Crippen LogP contribution in [0.1, 0.15) is 12.8 Å². The van der Waals surface area contributed by atoms with E-state index in [1.807, 2.05) is 6.07 Å². The first kappa shape index (κ1) is 9.74. The van der Waals surface area contributed by atoms with Crippen molar-refractivity contribution in [3.8, 4) is 0 Å². The molecule has 0 bridgehead atoms. The number of nitrogens with one attached hydrogen (secondary N) is 1. The Morgan fingerprint density at radius 2 is 2.21 bits per heavy atom. The summed E-state index contributed by atoms with van der Waals surface area (Å²) < 4.78 is 5.28. The highest BCUT2D eigenvalue weighted by molar-refractivity contribution is 6.33. The maximum Gasteiger partial charge on any atom is 0.0820 e. The second-order valence-electron chi connectivity index (χ2n) is 3.39. The fraction of sp³-hybridized carbons (Fsp3) is 0.500. The normalized spacial score (nSPS) is 18.1. The van der Waals surface area contributed by atoms with Crippen LogP contribution in [0.2, 0.25) is 5.02 Å². The van der Waals surface area contributed by atoms with Gasteiger partial charge in [-0.05, 0) is 18.9 Å². The van der Waals surface area contributed by atoms with Crippen LogP contribution in [0.3, 0.4) is 0 Å². The predicted octanol–water partition coefficient (Wildman–Crippen LogP) is 2.33. The van der Waals surface area contributed by atoms with E-state index >= 15 is 0 Å². The average molecular weight is 213 g/mol. The topological polar surface area (TPSA) is 34.2 Å². The zero-order valence-electron chi connectivity index (χ0n) is 7.87. The van der Waals surface area contributed by atoms with Gasteiger partial charge in [0, 0.05) is 31.6 Å². The van der Waals surface area contributed by atoms with Gasteiger partial charge in [-0.1, -0.05) is 11.6 Å². The fourth-order valence-electron chi connectivity index (χ4n) is 1.55. The van der Waals surface area contributed by atoms with Gasteiger partial charge in [0.1, 0.15) is 0 Å². The third-order valence-electron chi connectivity index (χ3n) is 2.35. The van der Waals surface area contributed by atoms with Gasteiger partial charge in [0.25, 0.3) is 0 Å². The number of rotatable bonds is 2. The molecule has 76 valence electrons. The van der Waals surface area contributed by atoms with Crippen molar-refractivity contribution in [1.82, 2.24) is 4.98 Å². The van der Waals surface area contributed by atoms with Crippen LogP contribution in [0, 0.1) is 0 Å². The Bertz CT molecular complexity index is 300. The highest BCUT2D eigenvalue weighted by Crippen LogP contribution is 2.22. The zero-order valence-corrected chi connectivity index (χ0v) is 8.63. The lowest BCUT2D eigenvalue weighted by atomic mass is 10.1. The number of halogens is 1. The summed E-state index contributed by atoms with van der Waals surface area (Å²) in [6.07, 6.45) is 5.48. The molecule has 0 radical (unpaired) electrons. The molecule has 0 aromatic carbocycles. The van der Waals surface area contributed by atoms with Gasteiger partial charge in [0.15, 0.2) is 0 Å². The van der Waals surface area contributed by atoms with Gasteiger partial charge in [-0.15, -0.1) is 0 Å². The van der Waals surface area contributed by atoms with Crippen molar-refractivity contribution in [3.63, 3.8) is 0 Å². The summed E-state index contributed by atoms with van der Waals surface area (Å²) in [6.45, 7) is 1.67. The Balaban J connectivity index is 1.99. The van der Waals surface area contributed by atoms with Crippen LogP contribution in [-0.2, 0) is 4.74 Å². The second-order valence-corrected chi connectivity index (χ2v) is 3.79. The molecule has 2 heterocycles. The lowest BCUT2D eigenvalue weighted by Crippen LogP contribution is -2.27. The molecule has 1 aromatic rings. The van der Waals surface area contributed by atoms with Gasteiger partial charge in [-0.2, -0.15) is 0 Å². The quantitative estimate of drug-likeness (QED) is 0.817. The number of anilines is 1. The average Bonchev–Trinajstić information content (AvgIpc) is 2.23. The van der Waals surface area contributed by atoms with Crippen molar-refractivity contribution in [2.45, 2.75) is 18.9 Å². The van der Waals surface area contributed by atoms with Gasteiger partial charge in [-0.25, -0.2) is 0 Å². The van der Waals surface area contributed by atoms with Gasteiger partial charge >= 0.3 is 0 Å². The second kappa shape index (κ2) is 4.62. The number of nitrogens with zero attached hydrogens (tertiary/aromatic N) is 1. The van der Waals surface area contributed by atoms with E-state index in [0.29, 0.717) is 11.1 Å². The van der Waals surface area contributed by atoms with Gasteiger partial charge in [0.2, 0.25) is 0 Å². The molecule has 1 aliphatic rings. The highest BCUT2D eigenvalue weighted by Gasteiger charge is 2.14. The molecule has 14 heavy (non-hydrogen) atoms. The van der Waals surface area contributed by atoms with Crippen LogP contribution in [-0.4, -0.2) is 24.2 Å². The molecule has 1 aromatic heterocycles. The third kappa shape index (κ3) is 2.36. The molecule has 2 rings (SSSR count). The van der Waals surface area contributed by atoms with Crippen LogP contribution in [0.25, 0.3) is 0 Å². The van der Waals surface area contributed by atoms with Crippen LogP contribution in [0.15, 0.2) is 18.5 Å². The summed E-state index contributed by atoms with van der Waals surface area (Å²) in [5.74, 6) is 0. The number of aromatic nitrogens is 1. The number of ether oxygens (including phenoxy) is 1. The molecule has 0 amide bonds. The molecule has 1 fully saturated rings. The largest absolute Gasteiger partial charge is 0.381 e. The third-order valence-corrected chi connectivity index (χ3v) is 2.65. The van der Waals surface area contributed by atoms with Crippen molar-refractivity contribution in [3.05, 3.63) is 23.5 Å². The maximum atomic E-state index is 5.99. The lowest BCUT2D eigenvalue weighted by Gasteiger charge is -2.24. The van der Waals surface area contributed by atoms with E-state index < -0.39 is 0 Å². The van der Waals surface area contributed by atoms with E-state index in [0.717, 1.165) is 31.7 Å². The van der Waals surface area contributed by atoms with Crippen LogP contribution in [0.4, 0.5) is 5.69 Å². The molecule has 0 unspecified atom stereocenters. The van der Waals surface area contributed by atoms with Gasteiger partial charge in [-0.3, -0.25) is 4.98 Å². The minimum absolute atomic E-state index is 0.476. The molecule has 1 saturated heterocycles. The molecule has 3 nitrogen and oxygen atoms in total. The molecule has 0 saturated carbocycles. The summed E-state index contributed by atoms with van der Waals surface area (Å²) in [5.41, 5.74) is 0.966. The Morgan fingerprint density at radius 3 is 2.93 bits per heavy atom. The van der Waals surface area contributed by atoms with E-state index in [-0.39, 0.29) is 0 Å². The van der Waals surface area contributed by atoms with Crippen molar-refractivity contribution >= 4 is 17.3 Å². The Labute approximate surface area is 88.4 Å². The van der Waals surface area contributed by atoms with Gasteiger partial charge in [0.05, 0.1) is 10.7 Å². The highest BCUT2D eigenvalue weighted by atomic mass is 35.5. The van der Waals surface area contributed by atoms with E-state index in [1.165, 1.54) is 0 Å². The van der Waals surface area contributed by atoms with E-state index in [2.05, 4.69) is 10.3 Å². The molecule has 0 aliphatic carbocycles. The Kier molecular flexibility index (Phi) is 3.22. The number of hydrogen-bond donors (Lipinski definition) is 1. The molecule has 4 heteroatoms. The molecule has 0 atom stereocenters. The lowest BCUT2D eigenvalue weighted by molar-refractivity contribution is 0.0904. The minimum Gasteiger partial charge on any atom is -0.381 e. The number of hydrogen-bond acceptors (Lipinski definition) is 3. The summed E-state index contributed by atoms with van der Waals surface area (Å²) in [7, 11) is 0. The molecular formula is C10H13ClN2O. The van der Waals surface area contributed by atoms with Crippen molar-refractivity contribution in [2.75, 3.05) is 18.5 Å². The summed E-state index contributed by atoms with van der Waals surface area (Å²) in [4.78, 5) is 3.94. The molecular weight excluding hydrogens is 200 g/mol. The summed E-state index contributed by atoms with van der Waals surface area (Å²) in [6, 6.07) is 2.38. The van der Waals surface area contributed by atoms with Crippen molar-refractivity contribution in [2.24, 2.45) is 0 Å². The standard InChI is InChI=1S/C10H13ClN2O/c11-9-7-12-4-1-10(9)13-8-2-5-14-6-3-8/h1,4,7-8H,2-3,5-6H2,(H,12,13). The van der Waals surface area contributed by atoms with E-state index in [9.17, 15) is 0 Å². The van der Waals surface area contributed by atoms with Crippen molar-refractivity contribution < 1.29 is 4.74 Å². The van der Waals surface area contributed by atoms with Crippen LogP contribution in [0.5, 0.6) is 0 Å². The SMILES string of the molecule is Clc1cnccc1NC1CCOCC1. The Hall–Kier alpha value is -0.800.